The highest BCUT2D eigenvalue weighted by Crippen LogP contribution is 2.20. The lowest BCUT2D eigenvalue weighted by Gasteiger charge is -2.04. The van der Waals surface area contributed by atoms with Crippen LogP contribution < -0.4 is 0 Å². The molecule has 0 spiro atoms. The monoisotopic (exact) mass is 312 g/mol. The maximum absolute atomic E-state index is 12.0. The van der Waals surface area contributed by atoms with Crippen molar-refractivity contribution in [3.05, 3.63) is 77.6 Å². The van der Waals surface area contributed by atoms with E-state index in [4.69, 9.17) is 16.3 Å². The van der Waals surface area contributed by atoms with E-state index in [1.807, 2.05) is 42.5 Å². The van der Waals surface area contributed by atoms with Crippen molar-refractivity contribution >= 4 is 17.7 Å². The number of carbonyl (C=O) groups is 1. The van der Waals surface area contributed by atoms with E-state index >= 15 is 0 Å². The van der Waals surface area contributed by atoms with Crippen LogP contribution in [0.2, 0.25) is 5.02 Å². The molecule has 0 atom stereocenters. The van der Waals surface area contributed by atoms with Gasteiger partial charge in [0.15, 0.2) is 0 Å². The van der Waals surface area contributed by atoms with Crippen LogP contribution in [-0.4, -0.2) is 15.9 Å². The van der Waals surface area contributed by atoms with Crippen molar-refractivity contribution in [2.24, 2.45) is 0 Å². The molecule has 22 heavy (non-hydrogen) atoms. The lowest BCUT2D eigenvalue weighted by molar-refractivity contribution is 0.138. The van der Waals surface area contributed by atoms with Gasteiger partial charge in [-0.15, -0.1) is 0 Å². The van der Waals surface area contributed by atoms with Gasteiger partial charge in [-0.1, -0.05) is 54.1 Å². The molecular weight excluding hydrogens is 300 g/mol. The Balaban J connectivity index is 1.68. The molecule has 0 radical (unpaired) electrons. The second kappa shape index (κ2) is 6.45. The molecule has 0 aliphatic heterocycles. The minimum absolute atomic E-state index is 0.218. The zero-order valence-corrected chi connectivity index (χ0v) is 12.4. The molecule has 1 aromatic heterocycles. The Morgan fingerprint density at radius 1 is 1.05 bits per heavy atom. The summed E-state index contributed by atoms with van der Waals surface area (Å²) in [5, 5.41) is 4.70. The number of carbonyl (C=O) groups excluding carboxylic acids is 1. The smallest absolute Gasteiger partial charge is 0.435 e. The molecule has 0 aliphatic rings. The van der Waals surface area contributed by atoms with Gasteiger partial charge < -0.3 is 4.74 Å². The van der Waals surface area contributed by atoms with E-state index in [2.05, 4.69) is 5.10 Å². The Labute approximate surface area is 132 Å². The average Bonchev–Trinajstić information content (AvgIpc) is 3.04. The maximum atomic E-state index is 12.0. The Hall–Kier alpha value is -2.59. The van der Waals surface area contributed by atoms with Gasteiger partial charge in [-0.25, -0.2) is 4.79 Å². The fourth-order valence-electron chi connectivity index (χ4n) is 2.00. The molecule has 5 heteroatoms. The largest absolute Gasteiger partial charge is 0.443 e. The van der Waals surface area contributed by atoms with E-state index in [9.17, 15) is 4.79 Å². The third kappa shape index (κ3) is 3.35. The van der Waals surface area contributed by atoms with Gasteiger partial charge in [0, 0.05) is 16.8 Å². The Morgan fingerprint density at radius 3 is 2.50 bits per heavy atom. The van der Waals surface area contributed by atoms with Gasteiger partial charge in [0.05, 0.1) is 6.20 Å². The zero-order valence-electron chi connectivity index (χ0n) is 11.6. The predicted octanol–water partition coefficient (Wildman–Crippen LogP) is 4.39. The third-order valence-corrected chi connectivity index (χ3v) is 3.40. The van der Waals surface area contributed by atoms with Gasteiger partial charge in [-0.2, -0.15) is 9.78 Å². The summed E-state index contributed by atoms with van der Waals surface area (Å²) in [5.41, 5.74) is 2.70. The minimum Gasteiger partial charge on any atom is -0.443 e. The van der Waals surface area contributed by atoms with Gasteiger partial charge in [0.2, 0.25) is 0 Å². The van der Waals surface area contributed by atoms with Crippen molar-refractivity contribution in [3.63, 3.8) is 0 Å². The first-order chi connectivity index (χ1) is 10.7. The van der Waals surface area contributed by atoms with Crippen molar-refractivity contribution in [2.75, 3.05) is 0 Å². The second-order valence-electron chi connectivity index (χ2n) is 4.72. The van der Waals surface area contributed by atoms with Crippen LogP contribution in [0, 0.1) is 0 Å². The van der Waals surface area contributed by atoms with E-state index in [1.54, 1.807) is 24.5 Å². The number of halogens is 1. The summed E-state index contributed by atoms with van der Waals surface area (Å²) in [6, 6.07) is 16.8. The summed E-state index contributed by atoms with van der Waals surface area (Å²) in [6.07, 6.45) is 2.74. The first kappa shape index (κ1) is 14.4. The minimum atomic E-state index is -0.510. The van der Waals surface area contributed by atoms with Crippen LogP contribution >= 0.6 is 11.6 Å². The van der Waals surface area contributed by atoms with Crippen LogP contribution in [0.25, 0.3) is 11.1 Å². The lowest BCUT2D eigenvalue weighted by atomic mass is 10.1. The summed E-state index contributed by atoms with van der Waals surface area (Å²) >= 11 is 5.86. The standard InChI is InChI=1S/C17H13ClN2O2/c18-16-8-6-14(7-9-16)15-10-19-20(11-15)17(21)22-12-13-4-2-1-3-5-13/h1-11H,12H2. The first-order valence-electron chi connectivity index (χ1n) is 6.74. The topological polar surface area (TPSA) is 44.1 Å². The Bertz CT molecular complexity index is 767. The highest BCUT2D eigenvalue weighted by Gasteiger charge is 2.09. The number of nitrogens with zero attached hydrogens (tertiary/aromatic N) is 2. The van der Waals surface area contributed by atoms with Crippen molar-refractivity contribution in [1.29, 1.82) is 0 Å². The second-order valence-corrected chi connectivity index (χ2v) is 5.16. The normalized spacial score (nSPS) is 10.4. The molecule has 0 aliphatic carbocycles. The molecule has 0 amide bonds. The molecule has 3 aromatic rings. The fraction of sp³-hybridized carbons (Fsp3) is 0.0588. The van der Waals surface area contributed by atoms with Crippen molar-refractivity contribution in [2.45, 2.75) is 6.61 Å². The van der Waals surface area contributed by atoms with Gasteiger partial charge in [0.25, 0.3) is 0 Å². The SMILES string of the molecule is O=C(OCc1ccccc1)n1cc(-c2ccc(Cl)cc2)cn1. The molecule has 4 nitrogen and oxygen atoms in total. The third-order valence-electron chi connectivity index (χ3n) is 3.15. The van der Waals surface area contributed by atoms with Gasteiger partial charge in [-0.05, 0) is 23.3 Å². The van der Waals surface area contributed by atoms with Gasteiger partial charge in [-0.3, -0.25) is 0 Å². The summed E-state index contributed by atoms with van der Waals surface area (Å²) in [5.74, 6) is 0. The highest BCUT2D eigenvalue weighted by molar-refractivity contribution is 6.30. The number of rotatable bonds is 3. The quantitative estimate of drug-likeness (QED) is 0.720. The van der Waals surface area contributed by atoms with E-state index < -0.39 is 6.09 Å². The van der Waals surface area contributed by atoms with Crippen molar-refractivity contribution < 1.29 is 9.53 Å². The van der Waals surface area contributed by atoms with E-state index in [-0.39, 0.29) is 6.61 Å². The van der Waals surface area contributed by atoms with Crippen LogP contribution in [0.1, 0.15) is 5.56 Å². The number of aromatic nitrogens is 2. The summed E-state index contributed by atoms with van der Waals surface area (Å²) < 4.78 is 6.41. The molecule has 0 unspecified atom stereocenters. The van der Waals surface area contributed by atoms with Crippen LogP contribution in [0.4, 0.5) is 4.79 Å². The highest BCUT2D eigenvalue weighted by atomic mass is 35.5. The van der Waals surface area contributed by atoms with E-state index in [0.717, 1.165) is 16.7 Å². The number of hydrogen-bond donors (Lipinski definition) is 0. The first-order valence-corrected chi connectivity index (χ1v) is 7.12. The summed E-state index contributed by atoms with van der Waals surface area (Å²) in [4.78, 5) is 12.0. The van der Waals surface area contributed by atoms with Crippen LogP contribution in [0.15, 0.2) is 67.0 Å². The summed E-state index contributed by atoms with van der Waals surface area (Å²) in [6.45, 7) is 0.218. The fourth-order valence-corrected chi connectivity index (χ4v) is 2.13. The molecule has 0 bridgehead atoms. The lowest BCUT2D eigenvalue weighted by Crippen LogP contribution is -2.13. The Morgan fingerprint density at radius 2 is 1.77 bits per heavy atom. The van der Waals surface area contributed by atoms with Gasteiger partial charge >= 0.3 is 6.09 Å². The molecule has 2 aromatic carbocycles. The predicted molar refractivity (Wildman–Crippen MR) is 84.7 cm³/mol. The molecule has 0 N–H and O–H groups in total. The average molecular weight is 313 g/mol. The van der Waals surface area contributed by atoms with Crippen molar-refractivity contribution in [1.82, 2.24) is 9.78 Å². The number of hydrogen-bond acceptors (Lipinski definition) is 3. The molecule has 110 valence electrons. The van der Waals surface area contributed by atoms with Crippen molar-refractivity contribution in [3.8, 4) is 11.1 Å². The van der Waals surface area contributed by atoms with Gasteiger partial charge in [0.1, 0.15) is 6.61 Å². The molecule has 0 saturated carbocycles. The summed E-state index contributed by atoms with van der Waals surface area (Å²) in [7, 11) is 0. The van der Waals surface area contributed by atoms with Crippen LogP contribution in [0.5, 0.6) is 0 Å². The number of ether oxygens (including phenoxy) is 1. The molecule has 3 rings (SSSR count). The molecule has 0 fully saturated rings. The molecule has 1 heterocycles. The van der Waals surface area contributed by atoms with Crippen LogP contribution in [0.3, 0.4) is 0 Å². The molecular formula is C17H13ClN2O2. The van der Waals surface area contributed by atoms with E-state index in [1.165, 1.54) is 4.68 Å². The number of benzene rings is 2. The Kier molecular flexibility index (Phi) is 4.21. The van der Waals surface area contributed by atoms with Crippen LogP contribution in [-0.2, 0) is 11.3 Å². The maximum Gasteiger partial charge on any atom is 0.435 e. The molecule has 0 saturated heterocycles. The van der Waals surface area contributed by atoms with E-state index in [0.29, 0.717) is 5.02 Å². The zero-order chi connectivity index (χ0) is 15.4.